The van der Waals surface area contributed by atoms with Gasteiger partial charge in [0.25, 0.3) is 0 Å². The van der Waals surface area contributed by atoms with Crippen molar-refractivity contribution in [3.05, 3.63) is 77.3 Å². The van der Waals surface area contributed by atoms with E-state index in [2.05, 4.69) is 39.7 Å². The third kappa shape index (κ3) is 6.05. The lowest BCUT2D eigenvalue weighted by atomic mass is 10.0. The number of piperidine rings is 1. The molecule has 1 aromatic carbocycles. The lowest BCUT2D eigenvalue weighted by molar-refractivity contribution is -0.113. The second-order valence-corrected chi connectivity index (χ2v) is 9.40. The van der Waals surface area contributed by atoms with E-state index in [1.54, 1.807) is 20.2 Å². The number of pyridine rings is 1. The van der Waals surface area contributed by atoms with Crippen molar-refractivity contribution in [3.63, 3.8) is 0 Å². The van der Waals surface area contributed by atoms with Gasteiger partial charge in [0.15, 0.2) is 5.78 Å². The van der Waals surface area contributed by atoms with Crippen molar-refractivity contribution >= 4 is 11.9 Å². The first kappa shape index (κ1) is 25.7. The summed E-state index contributed by atoms with van der Waals surface area (Å²) in [5, 5.41) is 0. The van der Waals surface area contributed by atoms with Crippen LogP contribution in [0.25, 0.3) is 6.08 Å². The molecule has 0 saturated carbocycles. The summed E-state index contributed by atoms with van der Waals surface area (Å²) in [6.07, 6.45) is 9.97. The van der Waals surface area contributed by atoms with E-state index in [-0.39, 0.29) is 5.78 Å². The number of Topliss-reactive ketones (excluding diaryl/α,β-unsaturated/α-hetero) is 1. The summed E-state index contributed by atoms with van der Waals surface area (Å²) in [4.78, 5) is 18.7. The number of ether oxygens (including phenoxy) is 2. The van der Waals surface area contributed by atoms with Crippen LogP contribution in [0.15, 0.2) is 60.4 Å². The molecule has 0 radical (unpaired) electrons. The Labute approximate surface area is 214 Å². The van der Waals surface area contributed by atoms with Crippen molar-refractivity contribution in [3.8, 4) is 17.4 Å². The van der Waals surface area contributed by atoms with Crippen LogP contribution >= 0.6 is 0 Å². The molecule has 1 aliphatic heterocycles. The minimum Gasteiger partial charge on any atom is -0.496 e. The minimum atomic E-state index is 0.127. The van der Waals surface area contributed by atoms with Crippen LogP contribution in [0.3, 0.4) is 0 Å². The first-order chi connectivity index (χ1) is 17.5. The number of hydrogen-bond donors (Lipinski definition) is 0. The molecule has 3 heterocycles. The van der Waals surface area contributed by atoms with E-state index in [1.807, 2.05) is 43.3 Å². The maximum atomic E-state index is 11.9. The molecule has 1 fully saturated rings. The Balaban J connectivity index is 1.42. The van der Waals surface area contributed by atoms with Crippen molar-refractivity contribution in [2.45, 2.75) is 52.5 Å². The summed E-state index contributed by atoms with van der Waals surface area (Å²) in [5.41, 5.74) is 4.36. The topological polar surface area (TPSA) is 56.6 Å². The van der Waals surface area contributed by atoms with Crippen molar-refractivity contribution in [1.82, 2.24) is 14.5 Å². The Morgan fingerprint density at radius 2 is 1.86 bits per heavy atom. The van der Waals surface area contributed by atoms with E-state index in [0.29, 0.717) is 11.9 Å². The van der Waals surface area contributed by atoms with Gasteiger partial charge in [0.1, 0.15) is 11.5 Å². The van der Waals surface area contributed by atoms with Crippen LogP contribution in [0.1, 0.15) is 56.5 Å². The van der Waals surface area contributed by atoms with E-state index >= 15 is 0 Å². The van der Waals surface area contributed by atoms with Gasteiger partial charge >= 0.3 is 0 Å². The summed E-state index contributed by atoms with van der Waals surface area (Å²) in [5.74, 6) is 2.34. The van der Waals surface area contributed by atoms with Crippen LogP contribution in [0, 0.1) is 0 Å². The second-order valence-electron chi connectivity index (χ2n) is 9.40. The van der Waals surface area contributed by atoms with Gasteiger partial charge in [0.2, 0.25) is 5.88 Å². The molecular weight excluding hydrogens is 450 g/mol. The summed E-state index contributed by atoms with van der Waals surface area (Å²) < 4.78 is 14.2. The smallest absolute Gasteiger partial charge is 0.219 e. The number of likely N-dealkylation sites (tertiary alicyclic amines) is 1. The number of carbonyl (C=O) groups excluding carboxylic acids is 1. The number of benzene rings is 1. The molecule has 2 aromatic heterocycles. The zero-order valence-electron chi connectivity index (χ0n) is 21.9. The Hall–Kier alpha value is -3.38. The molecule has 6 heteroatoms. The number of nitrogens with zero attached hydrogens (tertiary/aromatic N) is 3. The maximum Gasteiger partial charge on any atom is 0.219 e. The highest BCUT2D eigenvalue weighted by molar-refractivity contribution is 5.97. The molecule has 0 spiro atoms. The highest BCUT2D eigenvalue weighted by Gasteiger charge is 2.23. The SMILES string of the molecule is CCc1ccn(C2CCN(CCc3c(OC)cccc3Oc3ccccn3)CC2)c1/C=C(\C)C(C)=O. The average molecular weight is 488 g/mol. The predicted octanol–water partition coefficient (Wildman–Crippen LogP) is 6.12. The van der Waals surface area contributed by atoms with Gasteiger partial charge in [-0.3, -0.25) is 4.79 Å². The molecule has 0 atom stereocenters. The van der Waals surface area contributed by atoms with E-state index in [0.717, 1.165) is 68.0 Å². The Bertz CT molecular complexity index is 1190. The van der Waals surface area contributed by atoms with Crippen LogP contribution in [0.2, 0.25) is 0 Å². The molecule has 0 N–H and O–H groups in total. The number of rotatable bonds is 10. The highest BCUT2D eigenvalue weighted by atomic mass is 16.5. The number of hydrogen-bond acceptors (Lipinski definition) is 5. The van der Waals surface area contributed by atoms with Crippen molar-refractivity contribution in [1.29, 1.82) is 0 Å². The molecule has 190 valence electrons. The van der Waals surface area contributed by atoms with Crippen LogP contribution in [-0.2, 0) is 17.6 Å². The number of carbonyl (C=O) groups is 1. The average Bonchev–Trinajstić information content (AvgIpc) is 3.31. The summed E-state index contributed by atoms with van der Waals surface area (Å²) >= 11 is 0. The number of aryl methyl sites for hydroxylation is 1. The van der Waals surface area contributed by atoms with Gasteiger partial charge < -0.3 is 18.9 Å². The van der Waals surface area contributed by atoms with Gasteiger partial charge in [-0.1, -0.05) is 19.1 Å². The van der Waals surface area contributed by atoms with Crippen LogP contribution in [0.5, 0.6) is 17.4 Å². The molecule has 0 amide bonds. The molecule has 3 aromatic rings. The molecule has 1 aliphatic rings. The molecule has 6 nitrogen and oxygen atoms in total. The first-order valence-corrected chi connectivity index (χ1v) is 12.9. The van der Waals surface area contributed by atoms with Gasteiger partial charge in [-0.25, -0.2) is 4.98 Å². The Morgan fingerprint density at radius 3 is 2.53 bits per heavy atom. The van der Waals surface area contributed by atoms with E-state index in [9.17, 15) is 4.79 Å². The standard InChI is InChI=1S/C30H37N3O3/c1-5-24-12-20-33(27(24)21-22(2)23(3)34)25-13-17-32(18-14-25)19-15-26-28(35-4)9-8-10-29(26)36-30-11-6-7-16-31-30/h6-12,16,20-21,25H,5,13-15,17-19H2,1-4H3/b22-21+. The third-order valence-electron chi connectivity index (χ3n) is 7.12. The van der Waals surface area contributed by atoms with Gasteiger partial charge in [-0.05, 0) is 81.0 Å². The summed E-state index contributed by atoms with van der Waals surface area (Å²) in [6, 6.07) is 14.2. The Morgan fingerprint density at radius 1 is 1.08 bits per heavy atom. The van der Waals surface area contributed by atoms with E-state index in [4.69, 9.17) is 9.47 Å². The van der Waals surface area contributed by atoms with E-state index < -0.39 is 0 Å². The van der Waals surface area contributed by atoms with E-state index in [1.165, 1.54) is 11.3 Å². The largest absolute Gasteiger partial charge is 0.496 e. The van der Waals surface area contributed by atoms with Gasteiger partial charge in [0, 0.05) is 55.4 Å². The normalized spacial score (nSPS) is 15.2. The van der Waals surface area contributed by atoms with Crippen LogP contribution in [0.4, 0.5) is 0 Å². The fraction of sp³-hybridized carbons (Fsp3) is 0.400. The molecule has 0 unspecified atom stereocenters. The molecule has 36 heavy (non-hydrogen) atoms. The second kappa shape index (κ2) is 12.0. The Kier molecular flexibility index (Phi) is 8.60. The van der Waals surface area contributed by atoms with Crippen LogP contribution < -0.4 is 9.47 Å². The lowest BCUT2D eigenvalue weighted by Gasteiger charge is -2.33. The van der Waals surface area contributed by atoms with Crippen LogP contribution in [-0.4, -0.2) is 47.0 Å². The highest BCUT2D eigenvalue weighted by Crippen LogP contribution is 2.33. The fourth-order valence-electron chi connectivity index (χ4n) is 4.88. The molecule has 4 rings (SSSR count). The summed E-state index contributed by atoms with van der Waals surface area (Å²) in [6.45, 7) is 8.72. The van der Waals surface area contributed by atoms with Gasteiger partial charge in [0.05, 0.1) is 7.11 Å². The quantitative estimate of drug-likeness (QED) is 0.323. The molecule has 1 saturated heterocycles. The number of allylic oxidation sites excluding steroid dienone is 1. The maximum absolute atomic E-state index is 11.9. The summed E-state index contributed by atoms with van der Waals surface area (Å²) in [7, 11) is 1.70. The third-order valence-corrected chi connectivity index (χ3v) is 7.12. The van der Waals surface area contributed by atoms with Crippen molar-refractivity contribution in [2.24, 2.45) is 0 Å². The molecular formula is C30H37N3O3. The molecule has 0 aliphatic carbocycles. The fourth-order valence-corrected chi connectivity index (χ4v) is 4.88. The zero-order chi connectivity index (χ0) is 25.5. The van der Waals surface area contributed by atoms with Crippen molar-refractivity contribution < 1.29 is 14.3 Å². The lowest BCUT2D eigenvalue weighted by Crippen LogP contribution is -2.36. The van der Waals surface area contributed by atoms with Gasteiger partial charge in [-0.15, -0.1) is 0 Å². The minimum absolute atomic E-state index is 0.127. The predicted molar refractivity (Wildman–Crippen MR) is 144 cm³/mol. The number of aromatic nitrogens is 2. The molecule has 0 bridgehead atoms. The zero-order valence-corrected chi connectivity index (χ0v) is 21.9. The van der Waals surface area contributed by atoms with Crippen molar-refractivity contribution in [2.75, 3.05) is 26.7 Å². The number of ketones is 1. The van der Waals surface area contributed by atoms with Gasteiger partial charge in [-0.2, -0.15) is 0 Å². The monoisotopic (exact) mass is 487 g/mol. The first-order valence-electron chi connectivity index (χ1n) is 12.9. The number of methoxy groups -OCH3 is 1.